The predicted octanol–water partition coefficient (Wildman–Crippen LogP) is 3.92. The van der Waals surface area contributed by atoms with Crippen LogP contribution in [0.25, 0.3) is 0 Å². The molecular formula is C20H26N2O3S. The van der Waals surface area contributed by atoms with E-state index in [1.165, 1.54) is 24.3 Å². The summed E-state index contributed by atoms with van der Waals surface area (Å²) in [4.78, 5) is 12.1. The molecule has 26 heavy (non-hydrogen) atoms. The summed E-state index contributed by atoms with van der Waals surface area (Å²) in [5.74, 6) is -0.227. The van der Waals surface area contributed by atoms with Crippen molar-refractivity contribution in [3.8, 4) is 0 Å². The van der Waals surface area contributed by atoms with E-state index in [4.69, 9.17) is 0 Å². The Hall–Kier alpha value is -2.34. The molecule has 0 spiro atoms. The molecule has 0 aliphatic rings. The zero-order valence-electron chi connectivity index (χ0n) is 15.8. The number of nitrogens with one attached hydrogen (secondary N) is 2. The first-order chi connectivity index (χ1) is 12.0. The van der Waals surface area contributed by atoms with E-state index in [0.717, 1.165) is 5.56 Å². The maximum absolute atomic E-state index is 12.7. The normalized spacial score (nSPS) is 12.1. The van der Waals surface area contributed by atoms with Gasteiger partial charge in [0.2, 0.25) is 0 Å². The predicted molar refractivity (Wildman–Crippen MR) is 105 cm³/mol. The second-order valence-corrected chi connectivity index (χ2v) is 9.24. The highest BCUT2D eigenvalue weighted by atomic mass is 32.2. The Morgan fingerprint density at radius 1 is 0.962 bits per heavy atom. The fourth-order valence-electron chi connectivity index (χ4n) is 2.56. The number of carbonyl (C=O) groups is 1. The number of para-hydroxylation sites is 1. The van der Waals surface area contributed by atoms with Gasteiger partial charge in [0.05, 0.1) is 10.6 Å². The van der Waals surface area contributed by atoms with Crippen LogP contribution >= 0.6 is 0 Å². The Labute approximate surface area is 155 Å². The minimum Gasteiger partial charge on any atom is -0.350 e. The van der Waals surface area contributed by atoms with Gasteiger partial charge in [-0.1, -0.05) is 39.0 Å². The summed E-state index contributed by atoms with van der Waals surface area (Å²) in [5, 5.41) is 2.78. The van der Waals surface area contributed by atoms with Crippen LogP contribution in [-0.4, -0.2) is 20.4 Å². The summed E-state index contributed by atoms with van der Waals surface area (Å²) in [5.41, 5.74) is 1.70. The topological polar surface area (TPSA) is 75.3 Å². The third-order valence-electron chi connectivity index (χ3n) is 3.83. The number of hydrogen-bond acceptors (Lipinski definition) is 3. The van der Waals surface area contributed by atoms with Crippen LogP contribution in [-0.2, 0) is 15.4 Å². The highest BCUT2D eigenvalue weighted by molar-refractivity contribution is 7.92. The summed E-state index contributed by atoms with van der Waals surface area (Å²) in [6, 6.07) is 13.3. The van der Waals surface area contributed by atoms with Gasteiger partial charge in [-0.05, 0) is 55.2 Å². The van der Waals surface area contributed by atoms with Crippen molar-refractivity contribution in [1.82, 2.24) is 5.32 Å². The zero-order chi connectivity index (χ0) is 19.5. The largest absolute Gasteiger partial charge is 0.350 e. The van der Waals surface area contributed by atoms with Gasteiger partial charge in [-0.3, -0.25) is 9.52 Å². The number of benzene rings is 2. The van der Waals surface area contributed by atoms with Crippen molar-refractivity contribution in [2.24, 2.45) is 0 Å². The second-order valence-electron chi connectivity index (χ2n) is 7.55. The van der Waals surface area contributed by atoms with Gasteiger partial charge in [0.25, 0.3) is 15.9 Å². The smallest absolute Gasteiger partial charge is 0.261 e. The Bertz CT molecular complexity index is 880. The fourth-order valence-corrected chi connectivity index (χ4v) is 3.64. The molecule has 5 nitrogen and oxygen atoms in total. The van der Waals surface area contributed by atoms with Crippen molar-refractivity contribution in [2.75, 3.05) is 4.72 Å². The molecule has 0 saturated carbocycles. The first-order valence-electron chi connectivity index (χ1n) is 8.54. The van der Waals surface area contributed by atoms with Gasteiger partial charge in [-0.25, -0.2) is 8.42 Å². The van der Waals surface area contributed by atoms with Gasteiger partial charge in [-0.2, -0.15) is 0 Å². The molecule has 2 aromatic carbocycles. The van der Waals surface area contributed by atoms with E-state index in [1.54, 1.807) is 12.1 Å². The molecule has 0 radical (unpaired) electrons. The van der Waals surface area contributed by atoms with E-state index in [2.05, 4.69) is 10.0 Å². The molecule has 140 valence electrons. The Morgan fingerprint density at radius 2 is 1.54 bits per heavy atom. The van der Waals surface area contributed by atoms with Crippen LogP contribution in [0.1, 0.15) is 50.5 Å². The molecule has 0 unspecified atom stereocenters. The maximum atomic E-state index is 12.7. The third-order valence-corrected chi connectivity index (χ3v) is 5.21. The van der Waals surface area contributed by atoms with Gasteiger partial charge >= 0.3 is 0 Å². The first kappa shape index (κ1) is 20.0. The molecule has 6 heteroatoms. The molecule has 0 aliphatic heterocycles. The summed E-state index contributed by atoms with van der Waals surface area (Å²) in [6.45, 7) is 9.83. The van der Waals surface area contributed by atoms with E-state index in [1.807, 2.05) is 46.8 Å². The van der Waals surface area contributed by atoms with E-state index >= 15 is 0 Å². The average Bonchev–Trinajstić information content (AvgIpc) is 2.53. The molecule has 0 aliphatic carbocycles. The lowest BCUT2D eigenvalue weighted by molar-refractivity contribution is 0.0943. The molecule has 0 bridgehead atoms. The van der Waals surface area contributed by atoms with Crippen molar-refractivity contribution in [3.63, 3.8) is 0 Å². The molecule has 1 amide bonds. The lowest BCUT2D eigenvalue weighted by Crippen LogP contribution is -2.30. The molecule has 0 saturated heterocycles. The number of anilines is 1. The van der Waals surface area contributed by atoms with Crippen LogP contribution < -0.4 is 10.0 Å². The summed E-state index contributed by atoms with van der Waals surface area (Å²) in [6.07, 6.45) is 0. The quantitative estimate of drug-likeness (QED) is 0.833. The van der Waals surface area contributed by atoms with Gasteiger partial charge in [0.1, 0.15) is 0 Å². The standard InChI is InChI=1S/C20H26N2O3S/c1-14(2)21-19(23)15-10-12-16(13-11-15)26(24,25)22-18-9-7-6-8-17(18)20(3,4)5/h6-14,22H,1-5H3,(H,21,23). The monoisotopic (exact) mass is 374 g/mol. The van der Waals surface area contributed by atoms with Crippen LogP contribution in [0.15, 0.2) is 53.4 Å². The number of carbonyl (C=O) groups excluding carboxylic acids is 1. The molecule has 0 fully saturated rings. The van der Waals surface area contributed by atoms with E-state index in [9.17, 15) is 13.2 Å². The minimum absolute atomic E-state index is 0.0153. The Kier molecular flexibility index (Phi) is 5.76. The van der Waals surface area contributed by atoms with Crippen LogP contribution in [0.2, 0.25) is 0 Å². The molecule has 2 rings (SSSR count). The summed E-state index contributed by atoms with van der Waals surface area (Å²) >= 11 is 0. The van der Waals surface area contributed by atoms with Crippen molar-refractivity contribution >= 4 is 21.6 Å². The molecule has 0 heterocycles. The average molecular weight is 375 g/mol. The highest BCUT2D eigenvalue weighted by Gasteiger charge is 2.22. The fraction of sp³-hybridized carbons (Fsp3) is 0.350. The summed E-state index contributed by atoms with van der Waals surface area (Å²) < 4.78 is 28.1. The van der Waals surface area contributed by atoms with Crippen molar-refractivity contribution in [1.29, 1.82) is 0 Å². The minimum atomic E-state index is -3.74. The number of sulfonamides is 1. The second kappa shape index (κ2) is 7.50. The SMILES string of the molecule is CC(C)NC(=O)c1ccc(S(=O)(=O)Nc2ccccc2C(C)(C)C)cc1. The molecule has 2 N–H and O–H groups in total. The molecular weight excluding hydrogens is 348 g/mol. The van der Waals surface area contributed by atoms with Crippen LogP contribution in [0, 0.1) is 0 Å². The van der Waals surface area contributed by atoms with Crippen LogP contribution in [0.5, 0.6) is 0 Å². The number of amides is 1. The van der Waals surface area contributed by atoms with E-state index in [0.29, 0.717) is 11.3 Å². The van der Waals surface area contributed by atoms with Gasteiger partial charge < -0.3 is 5.32 Å². The Balaban J connectivity index is 2.28. The number of rotatable bonds is 5. The van der Waals surface area contributed by atoms with Crippen molar-refractivity contribution in [3.05, 3.63) is 59.7 Å². The van der Waals surface area contributed by atoms with Gasteiger partial charge in [-0.15, -0.1) is 0 Å². The van der Waals surface area contributed by atoms with Crippen LogP contribution in [0.4, 0.5) is 5.69 Å². The van der Waals surface area contributed by atoms with Gasteiger partial charge in [0.15, 0.2) is 0 Å². The van der Waals surface area contributed by atoms with E-state index in [-0.39, 0.29) is 22.3 Å². The first-order valence-corrected chi connectivity index (χ1v) is 10.0. The molecule has 2 aromatic rings. The van der Waals surface area contributed by atoms with Crippen LogP contribution in [0.3, 0.4) is 0 Å². The zero-order valence-corrected chi connectivity index (χ0v) is 16.6. The molecule has 0 aromatic heterocycles. The summed E-state index contributed by atoms with van der Waals surface area (Å²) in [7, 11) is -3.74. The Morgan fingerprint density at radius 3 is 2.08 bits per heavy atom. The van der Waals surface area contributed by atoms with E-state index < -0.39 is 10.0 Å². The lowest BCUT2D eigenvalue weighted by atomic mass is 9.86. The van der Waals surface area contributed by atoms with Crippen molar-refractivity contribution in [2.45, 2.75) is 51.0 Å². The number of hydrogen-bond donors (Lipinski definition) is 2. The third kappa shape index (κ3) is 4.85. The highest BCUT2D eigenvalue weighted by Crippen LogP contribution is 2.30. The van der Waals surface area contributed by atoms with Crippen molar-refractivity contribution < 1.29 is 13.2 Å². The lowest BCUT2D eigenvalue weighted by Gasteiger charge is -2.23. The maximum Gasteiger partial charge on any atom is 0.261 e. The van der Waals surface area contributed by atoms with Gasteiger partial charge in [0, 0.05) is 11.6 Å². The molecule has 0 atom stereocenters.